The largest absolute Gasteiger partial charge is 0.497 e. The van der Waals surface area contributed by atoms with Crippen molar-refractivity contribution in [1.82, 2.24) is 14.8 Å². The topological polar surface area (TPSA) is 63.6 Å². The van der Waals surface area contributed by atoms with Gasteiger partial charge in [0.1, 0.15) is 18.0 Å². The predicted molar refractivity (Wildman–Crippen MR) is 132 cm³/mol. The van der Waals surface area contributed by atoms with Crippen LogP contribution in [-0.4, -0.2) is 41.5 Å². The van der Waals surface area contributed by atoms with Gasteiger partial charge in [-0.2, -0.15) is 0 Å². The lowest BCUT2D eigenvalue weighted by Crippen LogP contribution is -2.40. The normalized spacial score (nSPS) is 14.9. The first-order valence-electron chi connectivity index (χ1n) is 11.4. The van der Waals surface area contributed by atoms with Crippen LogP contribution in [0.4, 0.5) is 0 Å². The van der Waals surface area contributed by atoms with Crippen LogP contribution in [0.5, 0.6) is 5.75 Å². The Balaban J connectivity index is 1.44. The number of ether oxygens (including phenoxy) is 1. The number of carbonyl (C=O) groups is 2. The zero-order chi connectivity index (χ0) is 23.7. The minimum absolute atomic E-state index is 0.00662. The highest BCUT2D eigenvalue weighted by Crippen LogP contribution is 2.43. The lowest BCUT2D eigenvalue weighted by Gasteiger charge is -2.26. The smallest absolute Gasteiger partial charge is 0.272 e. The van der Waals surface area contributed by atoms with E-state index in [0.29, 0.717) is 12.2 Å². The third-order valence-corrected chi connectivity index (χ3v) is 6.52. The van der Waals surface area contributed by atoms with Crippen molar-refractivity contribution in [3.05, 3.63) is 101 Å². The average Bonchev–Trinajstić information content (AvgIpc) is 3.32. The molecule has 0 aliphatic carbocycles. The summed E-state index contributed by atoms with van der Waals surface area (Å²) in [5.74, 6) is 0.448. The molecule has 6 heteroatoms. The molecule has 3 aromatic carbocycles. The summed E-state index contributed by atoms with van der Waals surface area (Å²) >= 11 is 0. The van der Waals surface area contributed by atoms with E-state index in [4.69, 9.17) is 4.74 Å². The lowest BCUT2D eigenvalue weighted by molar-refractivity contribution is -0.122. The van der Waals surface area contributed by atoms with Crippen LogP contribution >= 0.6 is 0 Å². The quantitative estimate of drug-likeness (QED) is 0.458. The van der Waals surface area contributed by atoms with Crippen LogP contribution in [0, 0.1) is 0 Å². The van der Waals surface area contributed by atoms with Gasteiger partial charge in [-0.25, -0.2) is 0 Å². The molecule has 5 rings (SSSR count). The Labute approximate surface area is 198 Å². The van der Waals surface area contributed by atoms with Crippen molar-refractivity contribution < 1.29 is 14.3 Å². The summed E-state index contributed by atoms with van der Waals surface area (Å²) in [5, 5.41) is 4.01. The fourth-order valence-corrected chi connectivity index (χ4v) is 4.86. The third-order valence-electron chi connectivity index (χ3n) is 6.52. The van der Waals surface area contributed by atoms with Crippen molar-refractivity contribution in [3.8, 4) is 5.75 Å². The summed E-state index contributed by atoms with van der Waals surface area (Å²) in [5.41, 5.74) is 4.70. The highest BCUT2D eigenvalue weighted by atomic mass is 16.5. The van der Waals surface area contributed by atoms with Crippen LogP contribution in [0.1, 0.15) is 33.2 Å². The number of nitrogens with zero attached hydrogens (tertiary/aromatic N) is 2. The van der Waals surface area contributed by atoms with E-state index in [0.717, 1.165) is 39.8 Å². The van der Waals surface area contributed by atoms with E-state index in [1.807, 2.05) is 90.5 Å². The van der Waals surface area contributed by atoms with Crippen molar-refractivity contribution in [2.24, 2.45) is 7.05 Å². The highest BCUT2D eigenvalue weighted by molar-refractivity contribution is 6.07. The molecule has 4 aromatic rings. The van der Waals surface area contributed by atoms with Gasteiger partial charge in [-0.15, -0.1) is 0 Å². The average molecular weight is 454 g/mol. The van der Waals surface area contributed by atoms with Gasteiger partial charge >= 0.3 is 0 Å². The van der Waals surface area contributed by atoms with Gasteiger partial charge in [0.25, 0.3) is 5.91 Å². The van der Waals surface area contributed by atoms with Crippen molar-refractivity contribution in [3.63, 3.8) is 0 Å². The molecule has 0 spiro atoms. The Kier molecular flexibility index (Phi) is 5.80. The van der Waals surface area contributed by atoms with Crippen LogP contribution in [-0.2, 0) is 18.3 Å². The van der Waals surface area contributed by atoms with E-state index < -0.39 is 0 Å². The number of methoxy groups -OCH3 is 1. The van der Waals surface area contributed by atoms with Gasteiger partial charge in [-0.3, -0.25) is 9.59 Å². The van der Waals surface area contributed by atoms with Gasteiger partial charge in [0.15, 0.2) is 0 Å². The van der Waals surface area contributed by atoms with Gasteiger partial charge in [0.2, 0.25) is 5.91 Å². The van der Waals surface area contributed by atoms with E-state index in [1.54, 1.807) is 12.0 Å². The zero-order valence-electron chi connectivity index (χ0n) is 19.3. The number of benzene rings is 3. The zero-order valence-corrected chi connectivity index (χ0v) is 19.3. The van der Waals surface area contributed by atoms with Crippen LogP contribution < -0.4 is 10.1 Å². The van der Waals surface area contributed by atoms with Crippen LogP contribution in [0.3, 0.4) is 0 Å². The number of fused-ring (bicyclic) bond motifs is 3. The molecule has 0 saturated carbocycles. The molecular formula is C28H27N3O3. The number of hydrogen-bond acceptors (Lipinski definition) is 3. The molecule has 172 valence electrons. The van der Waals surface area contributed by atoms with Crippen LogP contribution in [0.15, 0.2) is 78.9 Å². The number of aryl methyl sites for hydroxylation is 1. The van der Waals surface area contributed by atoms with E-state index in [9.17, 15) is 9.59 Å². The third kappa shape index (κ3) is 3.81. The van der Waals surface area contributed by atoms with Gasteiger partial charge in [-0.05, 0) is 35.7 Å². The number of aromatic nitrogens is 1. The van der Waals surface area contributed by atoms with Crippen LogP contribution in [0.2, 0.25) is 0 Å². The molecular weight excluding hydrogens is 426 g/mol. The van der Waals surface area contributed by atoms with E-state index in [2.05, 4.69) is 5.32 Å². The molecule has 2 heterocycles. The van der Waals surface area contributed by atoms with Crippen molar-refractivity contribution in [2.75, 3.05) is 20.2 Å². The summed E-state index contributed by atoms with van der Waals surface area (Å²) < 4.78 is 7.26. The Morgan fingerprint density at radius 2 is 1.68 bits per heavy atom. The van der Waals surface area contributed by atoms with Gasteiger partial charge in [0.05, 0.1) is 13.2 Å². The van der Waals surface area contributed by atoms with Crippen LogP contribution in [0.25, 0.3) is 10.9 Å². The molecule has 0 radical (unpaired) electrons. The maximum atomic E-state index is 13.6. The number of nitrogens with one attached hydrogen (secondary N) is 1. The summed E-state index contributed by atoms with van der Waals surface area (Å²) in [6, 6.07) is 25.4. The summed E-state index contributed by atoms with van der Waals surface area (Å²) in [7, 11) is 3.54. The molecule has 0 bridgehead atoms. The number of hydrogen-bond donors (Lipinski definition) is 1. The molecule has 34 heavy (non-hydrogen) atoms. The first-order chi connectivity index (χ1) is 16.6. The molecule has 1 N–H and O–H groups in total. The summed E-state index contributed by atoms with van der Waals surface area (Å²) in [6.45, 7) is 0.515. The Hall–Kier alpha value is -4.06. The highest BCUT2D eigenvalue weighted by Gasteiger charge is 2.42. The number of carbonyl (C=O) groups excluding carboxylic acids is 2. The monoisotopic (exact) mass is 453 g/mol. The van der Waals surface area contributed by atoms with E-state index >= 15 is 0 Å². The second-order valence-electron chi connectivity index (χ2n) is 8.53. The maximum Gasteiger partial charge on any atom is 0.272 e. The van der Waals surface area contributed by atoms with E-state index in [-0.39, 0.29) is 24.4 Å². The van der Waals surface area contributed by atoms with Crippen molar-refractivity contribution in [1.29, 1.82) is 0 Å². The van der Waals surface area contributed by atoms with Crippen molar-refractivity contribution in [2.45, 2.75) is 12.5 Å². The van der Waals surface area contributed by atoms with Gasteiger partial charge in [0, 0.05) is 30.1 Å². The second-order valence-corrected chi connectivity index (χ2v) is 8.53. The second kappa shape index (κ2) is 9.06. The molecule has 2 amide bonds. The summed E-state index contributed by atoms with van der Waals surface area (Å²) in [4.78, 5) is 28.2. The molecule has 0 fully saturated rings. The standard InChI is InChI=1S/C28H27N3O3/c1-30-23-11-7-6-10-22(23)25-26(20-12-14-21(34-2)15-13-20)31(28(33)27(25)30)18-24(32)29-17-16-19-8-4-3-5-9-19/h3-15,26H,16-18H2,1-2H3,(H,29,32)/t26-/m0/s1. The molecule has 0 saturated heterocycles. The molecule has 1 aromatic heterocycles. The lowest BCUT2D eigenvalue weighted by atomic mass is 9.98. The Morgan fingerprint density at radius 3 is 2.41 bits per heavy atom. The predicted octanol–water partition coefficient (Wildman–Crippen LogP) is 4.09. The minimum Gasteiger partial charge on any atom is -0.497 e. The molecule has 6 nitrogen and oxygen atoms in total. The van der Waals surface area contributed by atoms with Gasteiger partial charge in [-0.1, -0.05) is 60.7 Å². The fourth-order valence-electron chi connectivity index (χ4n) is 4.86. The van der Waals surface area contributed by atoms with E-state index in [1.165, 1.54) is 0 Å². The van der Waals surface area contributed by atoms with Gasteiger partial charge < -0.3 is 19.5 Å². The molecule has 0 unspecified atom stereocenters. The SMILES string of the molecule is COc1ccc([C@H]2c3c(n(C)c4ccccc34)C(=O)N2CC(=O)NCCc2ccccc2)cc1. The molecule has 1 atom stereocenters. The Morgan fingerprint density at radius 1 is 0.971 bits per heavy atom. The Bertz CT molecular complexity index is 1340. The minimum atomic E-state index is -0.348. The first kappa shape index (κ1) is 21.8. The van der Waals surface area contributed by atoms with Crippen molar-refractivity contribution >= 4 is 22.7 Å². The molecule has 1 aliphatic heterocycles. The summed E-state index contributed by atoms with van der Waals surface area (Å²) in [6.07, 6.45) is 0.743. The first-order valence-corrected chi connectivity index (χ1v) is 11.4. The fraction of sp³-hybridized carbons (Fsp3) is 0.214. The molecule has 1 aliphatic rings. The number of rotatable bonds is 7. The maximum absolute atomic E-state index is 13.6. The number of para-hydroxylation sites is 1. The number of amides is 2.